The number of hydrogen-bond donors (Lipinski definition) is 6. The summed E-state index contributed by atoms with van der Waals surface area (Å²) in [6, 6.07) is 10.9. The third-order valence-electron chi connectivity index (χ3n) is 4.72. The van der Waals surface area contributed by atoms with E-state index in [9.17, 15) is 35.4 Å². The lowest BCUT2D eigenvalue weighted by Crippen LogP contribution is -2.60. The summed E-state index contributed by atoms with van der Waals surface area (Å²) in [4.78, 5) is 11.3. The second-order valence-electron chi connectivity index (χ2n) is 6.76. The molecule has 0 saturated carbocycles. The van der Waals surface area contributed by atoms with Crippen LogP contribution in [0.25, 0.3) is 12.2 Å². The van der Waals surface area contributed by atoms with E-state index >= 15 is 0 Å². The zero-order valence-corrected chi connectivity index (χ0v) is 15.7. The molecule has 0 aromatic heterocycles. The maximum Gasteiger partial charge on any atom is 0.340 e. The van der Waals surface area contributed by atoms with Crippen molar-refractivity contribution in [3.63, 3.8) is 0 Å². The zero-order valence-electron chi connectivity index (χ0n) is 15.7. The van der Waals surface area contributed by atoms with Crippen molar-refractivity contribution in [2.45, 2.75) is 30.7 Å². The molecule has 1 aliphatic rings. The number of hydrogen-bond acceptors (Lipinski definition) is 8. The van der Waals surface area contributed by atoms with Crippen LogP contribution in [-0.2, 0) is 4.74 Å². The molecule has 1 heterocycles. The number of phenols is 1. The van der Waals surface area contributed by atoms with Crippen LogP contribution in [0.5, 0.6) is 11.5 Å². The lowest BCUT2D eigenvalue weighted by atomic mass is 9.99. The van der Waals surface area contributed by atoms with Crippen molar-refractivity contribution in [2.75, 3.05) is 6.61 Å². The Labute approximate surface area is 171 Å². The van der Waals surface area contributed by atoms with Gasteiger partial charge >= 0.3 is 5.97 Å². The number of rotatable bonds is 6. The molecular weight excluding hydrogens is 396 g/mol. The third kappa shape index (κ3) is 4.61. The molecule has 2 aromatic rings. The normalized spacial score (nSPS) is 26.6. The molecule has 6 N–H and O–H groups in total. The molecule has 5 atom stereocenters. The molecule has 9 nitrogen and oxygen atoms in total. The maximum atomic E-state index is 11.3. The van der Waals surface area contributed by atoms with Gasteiger partial charge in [-0.15, -0.1) is 0 Å². The molecule has 0 spiro atoms. The van der Waals surface area contributed by atoms with Crippen LogP contribution in [0.1, 0.15) is 21.5 Å². The Morgan fingerprint density at radius 1 is 1.00 bits per heavy atom. The van der Waals surface area contributed by atoms with Gasteiger partial charge in [0.25, 0.3) is 0 Å². The minimum absolute atomic E-state index is 0.198. The summed E-state index contributed by atoms with van der Waals surface area (Å²) in [6.45, 7) is -0.554. The highest BCUT2D eigenvalue weighted by molar-refractivity contribution is 5.96. The molecule has 0 amide bonds. The van der Waals surface area contributed by atoms with Crippen molar-refractivity contribution < 1.29 is 44.9 Å². The summed E-state index contributed by atoms with van der Waals surface area (Å²) in [5, 5.41) is 57.8. The highest BCUT2D eigenvalue weighted by Crippen LogP contribution is 2.26. The number of aromatic carboxylic acids is 1. The van der Waals surface area contributed by atoms with Gasteiger partial charge in [0.15, 0.2) is 0 Å². The third-order valence-corrected chi connectivity index (χ3v) is 4.72. The molecule has 2 aromatic carbocycles. The average molecular weight is 418 g/mol. The zero-order chi connectivity index (χ0) is 21.8. The Hall–Kier alpha value is -2.95. The fraction of sp³-hybridized carbons (Fsp3) is 0.286. The summed E-state index contributed by atoms with van der Waals surface area (Å²) < 4.78 is 10.8. The topological polar surface area (TPSA) is 157 Å². The largest absolute Gasteiger partial charge is 0.507 e. The Morgan fingerprint density at radius 2 is 1.70 bits per heavy atom. The summed E-state index contributed by atoms with van der Waals surface area (Å²) >= 11 is 0. The Bertz CT molecular complexity index is 907. The lowest BCUT2D eigenvalue weighted by molar-refractivity contribution is -0.277. The van der Waals surface area contributed by atoms with Gasteiger partial charge < -0.3 is 40.1 Å². The number of benzene rings is 2. The van der Waals surface area contributed by atoms with Crippen molar-refractivity contribution >= 4 is 18.1 Å². The van der Waals surface area contributed by atoms with Gasteiger partial charge in [-0.3, -0.25) is 0 Å². The molecule has 30 heavy (non-hydrogen) atoms. The first-order valence-electron chi connectivity index (χ1n) is 9.12. The number of ether oxygens (including phenoxy) is 2. The monoisotopic (exact) mass is 418 g/mol. The first-order valence-corrected chi connectivity index (χ1v) is 9.12. The minimum Gasteiger partial charge on any atom is -0.507 e. The maximum absolute atomic E-state index is 11.3. The smallest absolute Gasteiger partial charge is 0.340 e. The van der Waals surface area contributed by atoms with Crippen LogP contribution in [0.3, 0.4) is 0 Å². The number of aromatic hydroxyl groups is 1. The van der Waals surface area contributed by atoms with Gasteiger partial charge in [0, 0.05) is 0 Å². The highest BCUT2D eigenvalue weighted by atomic mass is 16.7. The summed E-state index contributed by atoms with van der Waals surface area (Å²) in [7, 11) is 0. The average Bonchev–Trinajstić information content (AvgIpc) is 2.73. The van der Waals surface area contributed by atoms with Crippen molar-refractivity contribution in [2.24, 2.45) is 0 Å². The van der Waals surface area contributed by atoms with Gasteiger partial charge in [0.1, 0.15) is 41.5 Å². The predicted octanol–water partition coefficient (Wildman–Crippen LogP) is 0.439. The fourth-order valence-electron chi connectivity index (χ4n) is 3.07. The van der Waals surface area contributed by atoms with Crippen LogP contribution in [0, 0.1) is 0 Å². The van der Waals surface area contributed by atoms with Crippen molar-refractivity contribution in [1.82, 2.24) is 0 Å². The van der Waals surface area contributed by atoms with E-state index in [0.29, 0.717) is 16.9 Å². The van der Waals surface area contributed by atoms with E-state index in [0.717, 1.165) is 0 Å². The van der Waals surface area contributed by atoms with Crippen molar-refractivity contribution in [1.29, 1.82) is 0 Å². The Kier molecular flexibility index (Phi) is 6.70. The SMILES string of the molecule is O=C(O)c1c(O)cccc1/C=C/c1ccc(O[C@@H]2O[C@H](CO)[C@@H](O)[C@H](O)[C@H]2O)cc1. The molecule has 1 aliphatic heterocycles. The molecule has 160 valence electrons. The van der Waals surface area contributed by atoms with Crippen LogP contribution in [0.4, 0.5) is 0 Å². The van der Waals surface area contributed by atoms with E-state index in [1.807, 2.05) is 0 Å². The van der Waals surface area contributed by atoms with Gasteiger partial charge in [0.2, 0.25) is 6.29 Å². The van der Waals surface area contributed by atoms with E-state index in [-0.39, 0.29) is 11.3 Å². The molecule has 0 aliphatic carbocycles. The minimum atomic E-state index is -1.53. The molecular formula is C21H22O9. The number of aliphatic hydroxyl groups excluding tert-OH is 4. The summed E-state index contributed by atoms with van der Waals surface area (Å²) in [5.74, 6) is -1.26. The molecule has 0 bridgehead atoms. The van der Waals surface area contributed by atoms with Gasteiger partial charge in [-0.2, -0.15) is 0 Å². The van der Waals surface area contributed by atoms with E-state index in [1.54, 1.807) is 48.6 Å². The Morgan fingerprint density at radius 3 is 2.33 bits per heavy atom. The van der Waals surface area contributed by atoms with Gasteiger partial charge in [-0.25, -0.2) is 4.79 Å². The number of carbonyl (C=O) groups is 1. The number of aliphatic hydroxyl groups is 4. The second-order valence-corrected chi connectivity index (χ2v) is 6.76. The summed E-state index contributed by atoms with van der Waals surface area (Å²) in [5.41, 5.74) is 0.844. The van der Waals surface area contributed by atoms with Gasteiger partial charge in [-0.05, 0) is 29.3 Å². The molecule has 0 unspecified atom stereocenters. The fourth-order valence-corrected chi connectivity index (χ4v) is 3.07. The van der Waals surface area contributed by atoms with Crippen LogP contribution in [0.2, 0.25) is 0 Å². The van der Waals surface area contributed by atoms with Crippen molar-refractivity contribution in [3.8, 4) is 11.5 Å². The molecule has 1 saturated heterocycles. The lowest BCUT2D eigenvalue weighted by Gasteiger charge is -2.39. The van der Waals surface area contributed by atoms with Gasteiger partial charge in [-0.1, -0.05) is 36.4 Å². The Balaban J connectivity index is 1.71. The van der Waals surface area contributed by atoms with Gasteiger partial charge in [0.05, 0.1) is 6.61 Å². The molecule has 0 radical (unpaired) electrons. The van der Waals surface area contributed by atoms with Crippen LogP contribution in [0.15, 0.2) is 42.5 Å². The predicted molar refractivity (Wildman–Crippen MR) is 105 cm³/mol. The molecule has 3 rings (SSSR count). The first-order chi connectivity index (χ1) is 14.3. The van der Waals surface area contributed by atoms with Crippen LogP contribution < -0.4 is 4.74 Å². The van der Waals surface area contributed by atoms with Crippen molar-refractivity contribution in [3.05, 3.63) is 59.2 Å². The quantitative estimate of drug-likeness (QED) is 0.366. The van der Waals surface area contributed by atoms with E-state index < -0.39 is 43.3 Å². The first kappa shape index (κ1) is 21.8. The van der Waals surface area contributed by atoms with Crippen LogP contribution in [-0.4, -0.2) is 73.9 Å². The highest BCUT2D eigenvalue weighted by Gasteiger charge is 2.44. The second kappa shape index (κ2) is 9.24. The number of carboxylic acid groups (broad SMARTS) is 1. The molecule has 1 fully saturated rings. The standard InChI is InChI=1S/C21H22O9/c22-10-15-17(24)18(25)19(26)21(30-15)29-13-8-5-11(6-9-13)4-7-12-2-1-3-14(23)16(12)20(27)28/h1-9,15,17-19,21-26H,10H2,(H,27,28)/b7-4+/t15-,17-,18+,19-,21-/m1/s1. The van der Waals surface area contributed by atoms with E-state index in [2.05, 4.69) is 0 Å². The van der Waals surface area contributed by atoms with E-state index in [1.165, 1.54) is 6.07 Å². The van der Waals surface area contributed by atoms with E-state index in [4.69, 9.17) is 9.47 Å². The number of carboxylic acids is 1. The molecule has 9 heteroatoms. The summed E-state index contributed by atoms with van der Waals surface area (Å²) in [6.07, 6.45) is -3.66. The van der Waals surface area contributed by atoms with Crippen LogP contribution >= 0.6 is 0 Å².